The minimum absolute atomic E-state index is 0.0285. The maximum atomic E-state index is 13.0. The Morgan fingerprint density at radius 2 is 2.27 bits per heavy atom. The Balaban J connectivity index is 1.53. The van der Waals surface area contributed by atoms with Gasteiger partial charge in [0.2, 0.25) is 0 Å². The lowest BCUT2D eigenvalue weighted by molar-refractivity contribution is 0.0950. The van der Waals surface area contributed by atoms with E-state index in [1.54, 1.807) is 13.1 Å². The predicted octanol–water partition coefficient (Wildman–Crippen LogP) is 2.51. The van der Waals surface area contributed by atoms with Crippen molar-refractivity contribution in [3.63, 3.8) is 0 Å². The van der Waals surface area contributed by atoms with Gasteiger partial charge in [0.05, 0.1) is 11.1 Å². The molecule has 3 heterocycles. The molecule has 0 radical (unpaired) electrons. The number of aryl methyl sites for hydroxylation is 1. The van der Waals surface area contributed by atoms with Gasteiger partial charge in [0.15, 0.2) is 5.65 Å². The first-order valence-electron chi connectivity index (χ1n) is 8.43. The minimum Gasteiger partial charge on any atom is -0.348 e. The van der Waals surface area contributed by atoms with Crippen LogP contribution in [0, 0.1) is 5.92 Å². The zero-order valence-electron chi connectivity index (χ0n) is 14.2. The van der Waals surface area contributed by atoms with E-state index in [0.29, 0.717) is 28.2 Å². The van der Waals surface area contributed by atoms with Crippen LogP contribution >= 0.6 is 0 Å². The Morgan fingerprint density at radius 3 is 3.00 bits per heavy atom. The summed E-state index contributed by atoms with van der Waals surface area (Å²) in [5.74, 6) is 1.11. The Kier molecular flexibility index (Phi) is 4.14. The number of halogens is 2. The van der Waals surface area contributed by atoms with Crippen LogP contribution in [0.5, 0.6) is 0 Å². The third kappa shape index (κ3) is 3.29. The molecule has 1 aliphatic rings. The maximum Gasteiger partial charge on any atom is 0.282 e. The van der Waals surface area contributed by atoms with Crippen molar-refractivity contribution in [2.45, 2.75) is 32.2 Å². The highest BCUT2D eigenvalue weighted by Crippen LogP contribution is 2.32. The van der Waals surface area contributed by atoms with Gasteiger partial charge < -0.3 is 10.3 Å². The van der Waals surface area contributed by atoms with Crippen LogP contribution in [0.2, 0.25) is 0 Å². The zero-order chi connectivity index (χ0) is 18.3. The molecular weight excluding hydrogens is 342 g/mol. The molecule has 136 valence electrons. The van der Waals surface area contributed by atoms with Crippen LogP contribution in [-0.4, -0.2) is 30.6 Å². The summed E-state index contributed by atoms with van der Waals surface area (Å²) < 4.78 is 27.3. The number of alkyl halides is 2. The molecule has 4 rings (SSSR count). The summed E-state index contributed by atoms with van der Waals surface area (Å²) in [6, 6.07) is 1.59. The number of hydrogen-bond acceptors (Lipinski definition) is 4. The molecule has 0 aromatic carbocycles. The highest BCUT2D eigenvalue weighted by atomic mass is 19.3. The third-order valence-corrected chi connectivity index (χ3v) is 4.45. The van der Waals surface area contributed by atoms with Gasteiger partial charge in [-0.2, -0.15) is 5.10 Å². The molecule has 1 saturated carbocycles. The molecular formula is C17H18F2N6O. The van der Waals surface area contributed by atoms with Gasteiger partial charge in [-0.25, -0.2) is 18.7 Å². The summed E-state index contributed by atoms with van der Waals surface area (Å²) in [4.78, 5) is 24.4. The lowest BCUT2D eigenvalue weighted by Crippen LogP contribution is -2.23. The van der Waals surface area contributed by atoms with Crippen molar-refractivity contribution >= 4 is 17.1 Å². The van der Waals surface area contributed by atoms with E-state index in [0.717, 1.165) is 12.2 Å². The standard InChI is InChI=1S/C17H18F2N6O/c1-25-8-10(13(24-25)15(18)19)7-21-17(26)11-4-5-20-16-14(11)22-12(23-16)6-9-2-3-9/h4-5,8-9,15H,2-3,6-7H2,1H3,(H,21,26)(H,20,22,23). The fourth-order valence-corrected chi connectivity index (χ4v) is 2.99. The number of pyridine rings is 1. The maximum absolute atomic E-state index is 13.0. The van der Waals surface area contributed by atoms with E-state index < -0.39 is 6.43 Å². The number of rotatable bonds is 6. The highest BCUT2D eigenvalue weighted by molar-refractivity contribution is 6.03. The minimum atomic E-state index is -2.69. The largest absolute Gasteiger partial charge is 0.348 e. The third-order valence-electron chi connectivity index (χ3n) is 4.45. The van der Waals surface area contributed by atoms with E-state index >= 15 is 0 Å². The van der Waals surface area contributed by atoms with E-state index in [1.807, 2.05) is 0 Å². The van der Waals surface area contributed by atoms with Gasteiger partial charge in [0, 0.05) is 38.0 Å². The average molecular weight is 360 g/mol. The number of carbonyl (C=O) groups is 1. The van der Waals surface area contributed by atoms with Crippen LogP contribution in [0.25, 0.3) is 11.2 Å². The van der Waals surface area contributed by atoms with E-state index in [-0.39, 0.29) is 18.1 Å². The SMILES string of the molecule is Cn1cc(CNC(=O)c2ccnc3nc(CC4CC4)[nH]c23)c(C(F)F)n1. The lowest BCUT2D eigenvalue weighted by Gasteiger charge is -2.06. The molecule has 1 fully saturated rings. The van der Waals surface area contributed by atoms with Crippen molar-refractivity contribution in [3.05, 3.63) is 41.1 Å². The molecule has 1 aliphatic carbocycles. The van der Waals surface area contributed by atoms with Gasteiger partial charge >= 0.3 is 0 Å². The number of nitrogens with zero attached hydrogens (tertiary/aromatic N) is 4. The summed E-state index contributed by atoms with van der Waals surface area (Å²) in [6.45, 7) is -0.0285. The summed E-state index contributed by atoms with van der Waals surface area (Å²) in [5, 5.41) is 6.41. The van der Waals surface area contributed by atoms with E-state index in [2.05, 4.69) is 25.4 Å². The Labute approximate surface area is 147 Å². The molecule has 0 saturated heterocycles. The van der Waals surface area contributed by atoms with Crippen LogP contribution in [-0.2, 0) is 20.0 Å². The van der Waals surface area contributed by atoms with Gasteiger partial charge in [0.1, 0.15) is 11.5 Å². The molecule has 1 amide bonds. The zero-order valence-corrected chi connectivity index (χ0v) is 14.2. The fraction of sp³-hybridized carbons (Fsp3) is 0.412. The molecule has 0 aliphatic heterocycles. The summed E-state index contributed by atoms with van der Waals surface area (Å²) in [5.41, 5.74) is 1.43. The molecule has 3 aromatic heterocycles. The topological polar surface area (TPSA) is 88.5 Å². The first-order chi connectivity index (χ1) is 12.5. The number of carbonyl (C=O) groups excluding carboxylic acids is 1. The van der Waals surface area contributed by atoms with Gasteiger partial charge in [-0.15, -0.1) is 0 Å². The Bertz CT molecular complexity index is 959. The number of fused-ring (bicyclic) bond motifs is 1. The molecule has 7 nitrogen and oxygen atoms in total. The number of hydrogen-bond donors (Lipinski definition) is 2. The van der Waals surface area contributed by atoms with Gasteiger partial charge in [-0.1, -0.05) is 0 Å². The van der Waals surface area contributed by atoms with Crippen molar-refractivity contribution in [1.82, 2.24) is 30.0 Å². The van der Waals surface area contributed by atoms with Crippen molar-refractivity contribution in [3.8, 4) is 0 Å². The number of aromatic nitrogens is 5. The Hall–Kier alpha value is -2.84. The van der Waals surface area contributed by atoms with E-state index in [9.17, 15) is 13.6 Å². The Morgan fingerprint density at radius 1 is 1.46 bits per heavy atom. The second kappa shape index (κ2) is 6.47. The van der Waals surface area contributed by atoms with Crippen LogP contribution in [0.3, 0.4) is 0 Å². The second-order valence-corrected chi connectivity index (χ2v) is 6.58. The van der Waals surface area contributed by atoms with Crippen molar-refractivity contribution in [2.75, 3.05) is 0 Å². The van der Waals surface area contributed by atoms with E-state index in [4.69, 9.17) is 0 Å². The number of aromatic amines is 1. The molecule has 3 aromatic rings. The smallest absolute Gasteiger partial charge is 0.282 e. The number of H-pyrrole nitrogens is 1. The highest BCUT2D eigenvalue weighted by Gasteiger charge is 2.24. The summed E-state index contributed by atoms with van der Waals surface area (Å²) >= 11 is 0. The molecule has 0 spiro atoms. The van der Waals surface area contributed by atoms with Crippen LogP contribution in [0.15, 0.2) is 18.5 Å². The molecule has 9 heteroatoms. The first-order valence-corrected chi connectivity index (χ1v) is 8.43. The second-order valence-electron chi connectivity index (χ2n) is 6.58. The fourth-order valence-electron chi connectivity index (χ4n) is 2.99. The molecule has 0 unspecified atom stereocenters. The number of amides is 1. The molecule has 26 heavy (non-hydrogen) atoms. The van der Waals surface area contributed by atoms with Crippen LogP contribution in [0.4, 0.5) is 8.78 Å². The quantitative estimate of drug-likeness (QED) is 0.707. The van der Waals surface area contributed by atoms with E-state index in [1.165, 1.54) is 29.9 Å². The van der Waals surface area contributed by atoms with Gasteiger partial charge in [-0.05, 0) is 24.8 Å². The summed E-state index contributed by atoms with van der Waals surface area (Å²) in [6.07, 6.45) is 3.57. The van der Waals surface area contributed by atoms with Gasteiger partial charge in [0.25, 0.3) is 12.3 Å². The monoisotopic (exact) mass is 360 g/mol. The molecule has 0 bridgehead atoms. The molecule has 2 N–H and O–H groups in total. The molecule has 0 atom stereocenters. The van der Waals surface area contributed by atoms with Crippen molar-refractivity contribution in [1.29, 1.82) is 0 Å². The van der Waals surface area contributed by atoms with Crippen LogP contribution in [0.1, 0.15) is 46.7 Å². The average Bonchev–Trinajstić information content (AvgIpc) is 3.18. The number of nitrogens with one attached hydrogen (secondary N) is 2. The van der Waals surface area contributed by atoms with Crippen LogP contribution < -0.4 is 5.32 Å². The van der Waals surface area contributed by atoms with Crippen molar-refractivity contribution in [2.24, 2.45) is 13.0 Å². The lowest BCUT2D eigenvalue weighted by atomic mass is 10.2. The summed E-state index contributed by atoms with van der Waals surface area (Å²) in [7, 11) is 1.57. The first kappa shape index (κ1) is 16.6. The van der Waals surface area contributed by atoms with Crippen molar-refractivity contribution < 1.29 is 13.6 Å². The normalized spacial score (nSPS) is 14.3. The predicted molar refractivity (Wildman–Crippen MR) is 89.7 cm³/mol. The van der Waals surface area contributed by atoms with Gasteiger partial charge in [-0.3, -0.25) is 9.48 Å². The number of imidazole rings is 1.